The number of halogens is 1. The van der Waals surface area contributed by atoms with Gasteiger partial charge >= 0.3 is 0 Å². The fraction of sp³-hybridized carbons (Fsp3) is 0.143. The third-order valence-corrected chi connectivity index (χ3v) is 2.56. The molecule has 0 aliphatic heterocycles. The number of nitrogens with zero attached hydrogens (tertiary/aromatic N) is 1. The highest BCUT2D eigenvalue weighted by atomic mass is 19.1. The van der Waals surface area contributed by atoms with Gasteiger partial charge in [-0.1, -0.05) is 0 Å². The van der Waals surface area contributed by atoms with E-state index in [-0.39, 0.29) is 11.3 Å². The van der Waals surface area contributed by atoms with Crippen LogP contribution in [0.25, 0.3) is 5.69 Å². The first kappa shape index (κ1) is 13.0. The average molecular weight is 260 g/mol. The monoisotopic (exact) mass is 260 g/mol. The third-order valence-electron chi connectivity index (χ3n) is 2.56. The van der Waals surface area contributed by atoms with Gasteiger partial charge in [0.15, 0.2) is 0 Å². The van der Waals surface area contributed by atoms with Crippen LogP contribution in [0.2, 0.25) is 0 Å². The maximum Gasteiger partial charge on any atom is 0.270 e. The van der Waals surface area contributed by atoms with Crippen LogP contribution in [0.1, 0.15) is 12.5 Å². The fourth-order valence-electron chi connectivity index (χ4n) is 1.69. The van der Waals surface area contributed by atoms with Gasteiger partial charge in [0.2, 0.25) is 6.29 Å². The zero-order valence-corrected chi connectivity index (χ0v) is 10.2. The van der Waals surface area contributed by atoms with Crippen LogP contribution in [0.3, 0.4) is 0 Å². The molecule has 0 fully saturated rings. The lowest BCUT2D eigenvalue weighted by atomic mass is 10.2. The van der Waals surface area contributed by atoms with Gasteiger partial charge in [-0.15, -0.1) is 0 Å². The Balaban J connectivity index is 2.57. The van der Waals surface area contributed by atoms with Crippen molar-refractivity contribution >= 4 is 6.29 Å². The van der Waals surface area contributed by atoms with Crippen molar-refractivity contribution in [3.63, 3.8) is 0 Å². The quantitative estimate of drug-likeness (QED) is 0.842. The maximum atomic E-state index is 12.8. The van der Waals surface area contributed by atoms with E-state index >= 15 is 0 Å². The van der Waals surface area contributed by atoms with Crippen LogP contribution >= 0.6 is 0 Å². The van der Waals surface area contributed by atoms with Crippen molar-refractivity contribution in [2.24, 2.45) is 0 Å². The molecule has 0 aliphatic carbocycles. The second-order valence-electron chi connectivity index (χ2n) is 3.74. The first-order chi connectivity index (χ1) is 9.17. The van der Waals surface area contributed by atoms with E-state index in [4.69, 9.17) is 4.74 Å². The minimum atomic E-state index is -0.549. The highest BCUT2D eigenvalue weighted by molar-refractivity contribution is 5.79. The van der Waals surface area contributed by atoms with Crippen LogP contribution in [0.15, 0.2) is 41.3 Å². The van der Waals surface area contributed by atoms with Gasteiger partial charge in [0, 0.05) is 11.9 Å². The van der Waals surface area contributed by atoms with Crippen LogP contribution in [-0.4, -0.2) is 17.5 Å². The van der Waals surface area contributed by atoms with Gasteiger partial charge < -0.3 is 4.74 Å². The van der Waals surface area contributed by atoms with E-state index in [0.29, 0.717) is 12.3 Å². The lowest BCUT2D eigenvalue weighted by molar-refractivity contribution is 0.338. The van der Waals surface area contributed by atoms with Crippen molar-refractivity contribution in [1.82, 2.24) is 4.57 Å². The summed E-state index contributed by atoms with van der Waals surface area (Å²) in [6.45, 7) is 2.09. The van der Waals surface area contributed by atoms with Crippen molar-refractivity contribution in [3.05, 3.63) is 58.3 Å². The molecule has 0 spiro atoms. The van der Waals surface area contributed by atoms with Crippen LogP contribution < -0.4 is 10.3 Å². The maximum absolute atomic E-state index is 12.8. The molecule has 2 rings (SSSR count). The molecule has 4 nitrogen and oxygen atoms in total. The third kappa shape index (κ3) is 2.54. The molecule has 1 aromatic carbocycles. The van der Waals surface area contributed by atoms with Crippen LogP contribution in [-0.2, 0) is 4.79 Å². The second kappa shape index (κ2) is 5.48. The van der Waals surface area contributed by atoms with Gasteiger partial charge in [0.1, 0.15) is 17.1 Å². The van der Waals surface area contributed by atoms with E-state index in [1.54, 1.807) is 13.2 Å². The molecular formula is C14H11FNO3. The van der Waals surface area contributed by atoms with Crippen LogP contribution in [0.4, 0.5) is 4.39 Å². The molecular weight excluding hydrogens is 249 g/mol. The summed E-state index contributed by atoms with van der Waals surface area (Å²) < 4.78 is 19.3. The zero-order valence-electron chi connectivity index (χ0n) is 10.2. The van der Waals surface area contributed by atoms with Crippen molar-refractivity contribution in [1.29, 1.82) is 0 Å². The predicted octanol–water partition coefficient (Wildman–Crippen LogP) is 1.83. The molecule has 0 bridgehead atoms. The number of pyridine rings is 1. The van der Waals surface area contributed by atoms with Gasteiger partial charge in [-0.2, -0.15) is 0 Å². The van der Waals surface area contributed by atoms with E-state index in [2.05, 4.69) is 0 Å². The predicted molar refractivity (Wildman–Crippen MR) is 68.0 cm³/mol. The fourth-order valence-corrected chi connectivity index (χ4v) is 1.69. The summed E-state index contributed by atoms with van der Waals surface area (Å²) in [4.78, 5) is 23.0. The number of benzene rings is 1. The number of hydrogen-bond donors (Lipinski definition) is 0. The average Bonchev–Trinajstić information content (AvgIpc) is 2.41. The van der Waals surface area contributed by atoms with Crippen molar-refractivity contribution in [3.8, 4) is 11.4 Å². The summed E-state index contributed by atoms with van der Waals surface area (Å²) in [5.41, 5.74) is -0.257. The van der Waals surface area contributed by atoms with E-state index < -0.39 is 11.4 Å². The lowest BCUT2D eigenvalue weighted by Crippen LogP contribution is -2.22. The van der Waals surface area contributed by atoms with Crippen molar-refractivity contribution < 1.29 is 13.9 Å². The summed E-state index contributed by atoms with van der Waals surface area (Å²) in [5.74, 6) is -0.203. The van der Waals surface area contributed by atoms with Crippen LogP contribution in [0, 0.1) is 5.82 Å². The molecule has 0 saturated carbocycles. The van der Waals surface area contributed by atoms with Crippen molar-refractivity contribution in [2.45, 2.75) is 6.92 Å². The summed E-state index contributed by atoms with van der Waals surface area (Å²) in [7, 11) is 0. The number of rotatable bonds is 4. The molecule has 0 saturated heterocycles. The topological polar surface area (TPSA) is 48.3 Å². The van der Waals surface area contributed by atoms with E-state index in [0.717, 1.165) is 0 Å². The Labute approximate surface area is 109 Å². The molecule has 5 heteroatoms. The molecule has 0 N–H and O–H groups in total. The summed E-state index contributed by atoms with van der Waals surface area (Å²) >= 11 is 0. The van der Waals surface area contributed by atoms with E-state index in [1.165, 1.54) is 41.1 Å². The number of hydrogen-bond acceptors (Lipinski definition) is 3. The molecule has 1 radical (unpaired) electrons. The molecule has 97 valence electrons. The molecule has 0 atom stereocenters. The highest BCUT2D eigenvalue weighted by Gasteiger charge is 2.12. The lowest BCUT2D eigenvalue weighted by Gasteiger charge is -2.09. The van der Waals surface area contributed by atoms with Crippen LogP contribution in [0.5, 0.6) is 5.75 Å². The molecule has 1 aromatic heterocycles. The van der Waals surface area contributed by atoms with Gasteiger partial charge in [-0.25, -0.2) is 4.39 Å². The van der Waals surface area contributed by atoms with Gasteiger partial charge in [-0.05, 0) is 37.3 Å². The first-order valence-electron chi connectivity index (χ1n) is 5.70. The molecule has 0 amide bonds. The molecule has 0 unspecified atom stereocenters. The molecule has 0 aliphatic rings. The number of aromatic nitrogens is 1. The molecule has 1 heterocycles. The normalized spacial score (nSPS) is 10.2. The Hall–Kier alpha value is -2.43. The number of carbonyl (C=O) groups excluding carboxylic acids is 1. The smallest absolute Gasteiger partial charge is 0.270 e. The Morgan fingerprint density at radius 1 is 1.26 bits per heavy atom. The van der Waals surface area contributed by atoms with Crippen molar-refractivity contribution in [2.75, 3.05) is 6.61 Å². The Kier molecular flexibility index (Phi) is 3.75. The standard InChI is InChI=1S/C14H11FNO3/c1-2-19-13-7-8-16(14(18)12(13)9-17)11-5-3-10(15)4-6-11/h3-8H,2H2,1H3. The van der Waals surface area contributed by atoms with Gasteiger partial charge in [0.25, 0.3) is 5.56 Å². The summed E-state index contributed by atoms with van der Waals surface area (Å²) in [6, 6.07) is 6.89. The minimum Gasteiger partial charge on any atom is -0.493 e. The summed E-state index contributed by atoms with van der Waals surface area (Å²) in [6.07, 6.45) is 3.06. The minimum absolute atomic E-state index is 0.173. The summed E-state index contributed by atoms with van der Waals surface area (Å²) in [5, 5.41) is 0. The van der Waals surface area contributed by atoms with Gasteiger partial charge in [0.05, 0.1) is 6.61 Å². The Bertz CT molecular complexity index is 647. The first-order valence-corrected chi connectivity index (χ1v) is 5.70. The molecule has 2 aromatic rings. The van der Waals surface area contributed by atoms with Gasteiger partial charge in [-0.3, -0.25) is 14.2 Å². The zero-order chi connectivity index (χ0) is 13.8. The SMILES string of the molecule is CCOc1ccn(-c2ccc(F)cc2)c(=O)c1[C]=O. The Morgan fingerprint density at radius 2 is 1.95 bits per heavy atom. The van der Waals surface area contributed by atoms with E-state index in [1.807, 2.05) is 0 Å². The van der Waals surface area contributed by atoms with E-state index in [9.17, 15) is 14.0 Å². The second-order valence-corrected chi connectivity index (χ2v) is 3.74. The number of ether oxygens (including phenoxy) is 1. The largest absolute Gasteiger partial charge is 0.493 e. The highest BCUT2D eigenvalue weighted by Crippen LogP contribution is 2.14. The molecule has 19 heavy (non-hydrogen) atoms. The Morgan fingerprint density at radius 3 is 2.53 bits per heavy atom.